The van der Waals surface area contributed by atoms with E-state index in [0.29, 0.717) is 14.9 Å². The molecule has 0 spiro atoms. The van der Waals surface area contributed by atoms with Gasteiger partial charge in [0.1, 0.15) is 5.75 Å². The van der Waals surface area contributed by atoms with Gasteiger partial charge in [-0.15, -0.1) is 0 Å². The molecule has 22 heavy (non-hydrogen) atoms. The van der Waals surface area contributed by atoms with Gasteiger partial charge in [0.2, 0.25) is 0 Å². The molecule has 6 nitrogen and oxygen atoms in total. The van der Waals surface area contributed by atoms with E-state index in [1.54, 1.807) is 24.3 Å². The molecule has 0 aliphatic carbocycles. The quantitative estimate of drug-likeness (QED) is 0.409. The maximum Gasteiger partial charge on any atom is 0.275 e. The van der Waals surface area contributed by atoms with E-state index in [4.69, 9.17) is 4.74 Å². The number of nitrogens with zero attached hydrogens (tertiary/aromatic N) is 1. The number of para-hydroxylation sites is 1. The van der Waals surface area contributed by atoms with Crippen LogP contribution in [0.5, 0.6) is 17.2 Å². The third-order valence-electron chi connectivity index (χ3n) is 2.80. The minimum atomic E-state index is -0.519. The Morgan fingerprint density at radius 1 is 1.32 bits per heavy atom. The minimum absolute atomic E-state index is 0.0542. The lowest BCUT2D eigenvalue weighted by molar-refractivity contribution is 0.0952. The number of hydrogen-bond donors (Lipinski definition) is 3. The summed E-state index contributed by atoms with van der Waals surface area (Å²) in [5, 5.41) is 23.1. The summed E-state index contributed by atoms with van der Waals surface area (Å²) in [6, 6.07) is 9.46. The van der Waals surface area contributed by atoms with Gasteiger partial charge in [-0.25, -0.2) is 5.43 Å². The summed E-state index contributed by atoms with van der Waals surface area (Å²) >= 11 is 1.97. The van der Waals surface area contributed by atoms with E-state index >= 15 is 0 Å². The highest BCUT2D eigenvalue weighted by Gasteiger charge is 2.09. The van der Waals surface area contributed by atoms with E-state index in [9.17, 15) is 15.0 Å². The lowest BCUT2D eigenvalue weighted by atomic mass is 10.2. The number of carbonyl (C=O) groups is 1. The van der Waals surface area contributed by atoms with Crippen LogP contribution in [0.4, 0.5) is 0 Å². The molecule has 2 aromatic rings. The second-order valence-corrected chi connectivity index (χ2v) is 5.43. The molecular weight excluding hydrogens is 399 g/mol. The zero-order valence-electron chi connectivity index (χ0n) is 11.6. The fourth-order valence-electron chi connectivity index (χ4n) is 1.72. The van der Waals surface area contributed by atoms with Crippen LogP contribution in [0.2, 0.25) is 0 Å². The topological polar surface area (TPSA) is 91.2 Å². The summed E-state index contributed by atoms with van der Waals surface area (Å²) in [6.07, 6.45) is 1.42. The third kappa shape index (κ3) is 3.67. The van der Waals surface area contributed by atoms with Crippen molar-refractivity contribution in [2.75, 3.05) is 7.11 Å². The maximum atomic E-state index is 11.8. The smallest absolute Gasteiger partial charge is 0.275 e. The molecule has 1 amide bonds. The number of methoxy groups -OCH3 is 1. The van der Waals surface area contributed by atoms with Crippen LogP contribution in [0.25, 0.3) is 0 Å². The first-order chi connectivity index (χ1) is 10.5. The summed E-state index contributed by atoms with van der Waals surface area (Å²) in [6.45, 7) is 0. The summed E-state index contributed by atoms with van der Waals surface area (Å²) in [4.78, 5) is 11.8. The van der Waals surface area contributed by atoms with Gasteiger partial charge in [0.25, 0.3) is 5.91 Å². The number of amides is 1. The molecule has 3 N–H and O–H groups in total. The zero-order chi connectivity index (χ0) is 16.1. The predicted octanol–water partition coefficient (Wildman–Crippen LogP) is 2.47. The molecule has 0 unspecified atom stereocenters. The van der Waals surface area contributed by atoms with Crippen molar-refractivity contribution in [2.45, 2.75) is 0 Å². The van der Waals surface area contributed by atoms with Crippen LogP contribution < -0.4 is 10.2 Å². The Morgan fingerprint density at radius 3 is 2.73 bits per heavy atom. The SMILES string of the molecule is COc1cc(/C=N\NC(=O)c2ccccc2O)cc(I)c1O. The van der Waals surface area contributed by atoms with Crippen LogP contribution in [0.15, 0.2) is 41.5 Å². The Morgan fingerprint density at radius 2 is 2.05 bits per heavy atom. The van der Waals surface area contributed by atoms with E-state index in [2.05, 4.69) is 10.5 Å². The number of carbonyl (C=O) groups excluding carboxylic acids is 1. The van der Waals surface area contributed by atoms with Crippen molar-refractivity contribution >= 4 is 34.7 Å². The van der Waals surface area contributed by atoms with Crippen molar-refractivity contribution in [1.82, 2.24) is 5.43 Å². The minimum Gasteiger partial charge on any atom is -0.507 e. The Hall–Kier alpha value is -2.29. The van der Waals surface area contributed by atoms with E-state index in [0.717, 1.165) is 0 Å². The summed E-state index contributed by atoms with van der Waals surface area (Å²) < 4.78 is 5.64. The van der Waals surface area contributed by atoms with Gasteiger partial charge in [-0.05, 0) is 52.4 Å². The maximum absolute atomic E-state index is 11.8. The molecule has 0 atom stereocenters. The number of aromatic hydroxyl groups is 2. The fourth-order valence-corrected chi connectivity index (χ4v) is 2.34. The molecule has 0 saturated carbocycles. The number of phenols is 2. The summed E-state index contributed by atoms with van der Waals surface area (Å²) in [5.41, 5.74) is 3.11. The van der Waals surface area contributed by atoms with Gasteiger partial charge >= 0.3 is 0 Å². The average molecular weight is 412 g/mol. The number of hydrazone groups is 1. The molecular formula is C15H13IN2O4. The predicted molar refractivity (Wildman–Crippen MR) is 90.5 cm³/mol. The van der Waals surface area contributed by atoms with Gasteiger partial charge in [-0.2, -0.15) is 5.10 Å². The average Bonchev–Trinajstić information content (AvgIpc) is 2.50. The van der Waals surface area contributed by atoms with Crippen molar-refractivity contribution in [1.29, 1.82) is 0 Å². The van der Waals surface area contributed by atoms with Crippen molar-refractivity contribution < 1.29 is 19.7 Å². The van der Waals surface area contributed by atoms with Gasteiger partial charge in [-0.3, -0.25) is 4.79 Å². The first-order valence-corrected chi connectivity index (χ1v) is 7.28. The lowest BCUT2D eigenvalue weighted by Crippen LogP contribution is -2.17. The number of halogens is 1. The molecule has 0 heterocycles. The first kappa shape index (κ1) is 16.1. The van der Waals surface area contributed by atoms with Crippen LogP contribution in [0.3, 0.4) is 0 Å². The second-order valence-electron chi connectivity index (χ2n) is 4.27. The molecule has 0 saturated heterocycles. The van der Waals surface area contributed by atoms with Gasteiger partial charge < -0.3 is 14.9 Å². The van der Waals surface area contributed by atoms with Crippen molar-refractivity contribution in [2.24, 2.45) is 5.10 Å². The third-order valence-corrected chi connectivity index (χ3v) is 3.62. The Labute approximate surface area is 140 Å². The summed E-state index contributed by atoms with van der Waals surface area (Å²) in [7, 11) is 1.45. The first-order valence-electron chi connectivity index (χ1n) is 6.21. The van der Waals surface area contributed by atoms with Crippen LogP contribution in [-0.2, 0) is 0 Å². The number of nitrogens with one attached hydrogen (secondary N) is 1. The number of phenolic OH excluding ortho intramolecular Hbond substituents is 2. The van der Waals surface area contributed by atoms with Gasteiger partial charge in [0.05, 0.1) is 22.5 Å². The Kier molecular flexibility index (Phi) is 5.21. The van der Waals surface area contributed by atoms with Crippen LogP contribution in [0.1, 0.15) is 15.9 Å². The van der Waals surface area contributed by atoms with E-state index in [1.165, 1.54) is 25.5 Å². The van der Waals surface area contributed by atoms with Crippen molar-refractivity contribution in [3.8, 4) is 17.2 Å². The molecule has 0 aliphatic heterocycles. The molecule has 2 rings (SSSR count). The number of hydrogen-bond acceptors (Lipinski definition) is 5. The number of rotatable bonds is 4. The number of ether oxygens (including phenoxy) is 1. The molecule has 0 aliphatic rings. The Balaban J connectivity index is 2.12. The van der Waals surface area contributed by atoms with Crippen LogP contribution in [-0.4, -0.2) is 29.4 Å². The highest BCUT2D eigenvalue weighted by Crippen LogP contribution is 2.31. The molecule has 2 aromatic carbocycles. The largest absolute Gasteiger partial charge is 0.507 e. The van der Waals surface area contributed by atoms with Gasteiger partial charge in [0.15, 0.2) is 11.5 Å². The second kappa shape index (κ2) is 7.12. The molecule has 0 fully saturated rings. The van der Waals surface area contributed by atoms with Crippen LogP contribution in [0, 0.1) is 3.57 Å². The standard InChI is InChI=1S/C15H13IN2O4/c1-22-13-7-9(6-11(16)14(13)20)8-17-18-15(21)10-4-2-3-5-12(10)19/h2-8,19-20H,1H3,(H,18,21)/b17-8-. The highest BCUT2D eigenvalue weighted by molar-refractivity contribution is 14.1. The zero-order valence-corrected chi connectivity index (χ0v) is 13.7. The molecule has 114 valence electrons. The Bertz CT molecular complexity index is 731. The van der Waals surface area contributed by atoms with Crippen molar-refractivity contribution in [3.63, 3.8) is 0 Å². The highest BCUT2D eigenvalue weighted by atomic mass is 127. The van der Waals surface area contributed by atoms with Gasteiger partial charge in [0, 0.05) is 0 Å². The van der Waals surface area contributed by atoms with E-state index < -0.39 is 5.91 Å². The van der Waals surface area contributed by atoms with Crippen molar-refractivity contribution in [3.05, 3.63) is 51.1 Å². The lowest BCUT2D eigenvalue weighted by Gasteiger charge is -2.06. The number of benzene rings is 2. The normalized spacial score (nSPS) is 10.6. The van der Waals surface area contributed by atoms with Gasteiger partial charge in [-0.1, -0.05) is 12.1 Å². The van der Waals surface area contributed by atoms with E-state index in [-0.39, 0.29) is 17.1 Å². The summed E-state index contributed by atoms with van der Waals surface area (Å²) in [5.74, 6) is -0.260. The molecule has 0 aromatic heterocycles. The van der Waals surface area contributed by atoms with Crippen LogP contribution >= 0.6 is 22.6 Å². The monoisotopic (exact) mass is 412 g/mol. The fraction of sp³-hybridized carbons (Fsp3) is 0.0667. The molecule has 0 bridgehead atoms. The van der Waals surface area contributed by atoms with E-state index in [1.807, 2.05) is 22.6 Å². The molecule has 0 radical (unpaired) electrons. The molecule has 7 heteroatoms.